The summed E-state index contributed by atoms with van der Waals surface area (Å²) in [5.41, 5.74) is 0.688. The standard InChI is InChI=1S/C15H22O5S.Na.H/c1-3-4-6-9-13(2)15(16)20-21(17,18)19-12-14-10-7-5-8-11-14;;/h5,7-8,10-11,13H,3-4,6,9,12H2,1-2H3;;/q;+1;-1. The van der Waals surface area contributed by atoms with Gasteiger partial charge in [-0.05, 0) is 12.0 Å². The Hall–Kier alpha value is -0.400. The summed E-state index contributed by atoms with van der Waals surface area (Å²) in [5, 5.41) is 0. The summed E-state index contributed by atoms with van der Waals surface area (Å²) in [4.78, 5) is 11.7. The quantitative estimate of drug-likeness (QED) is 0.479. The second kappa shape index (κ2) is 11.2. The van der Waals surface area contributed by atoms with Crippen molar-refractivity contribution >= 4 is 16.4 Å². The Morgan fingerprint density at radius 3 is 2.45 bits per heavy atom. The molecule has 120 valence electrons. The molecule has 1 aromatic carbocycles. The third-order valence-corrected chi connectivity index (χ3v) is 3.81. The predicted octanol–water partition coefficient (Wildman–Crippen LogP) is 0.324. The first-order valence-corrected chi connectivity index (χ1v) is 8.44. The van der Waals surface area contributed by atoms with E-state index in [2.05, 4.69) is 11.1 Å². The van der Waals surface area contributed by atoms with Crippen LogP contribution < -0.4 is 29.6 Å². The van der Waals surface area contributed by atoms with Crippen LogP contribution >= 0.6 is 0 Å². The first-order chi connectivity index (χ1) is 9.94. The third kappa shape index (κ3) is 8.90. The van der Waals surface area contributed by atoms with Crippen molar-refractivity contribution in [1.29, 1.82) is 0 Å². The Kier molecular flexibility index (Phi) is 11.0. The van der Waals surface area contributed by atoms with E-state index >= 15 is 0 Å². The monoisotopic (exact) mass is 338 g/mol. The van der Waals surface area contributed by atoms with Crippen LogP contribution in [0.1, 0.15) is 46.5 Å². The van der Waals surface area contributed by atoms with Crippen LogP contribution in [0, 0.1) is 5.92 Å². The SMILES string of the molecule is CCCCCC(C)C(=O)OS(=O)(=O)OCc1ccccc1.[H-].[Na+]. The first-order valence-electron chi connectivity index (χ1n) is 7.11. The molecule has 0 amide bonds. The number of carbonyl (C=O) groups excluding carboxylic acids is 1. The van der Waals surface area contributed by atoms with Gasteiger partial charge in [0.1, 0.15) is 0 Å². The van der Waals surface area contributed by atoms with E-state index in [1.54, 1.807) is 31.2 Å². The minimum Gasteiger partial charge on any atom is -1.00 e. The molecule has 0 N–H and O–H groups in total. The maximum Gasteiger partial charge on any atom is 1.00 e. The molecule has 1 rings (SSSR count). The molecular formula is C15H23NaO5S. The van der Waals surface area contributed by atoms with Gasteiger partial charge in [0.25, 0.3) is 0 Å². The van der Waals surface area contributed by atoms with Crippen LogP contribution in [0.15, 0.2) is 30.3 Å². The number of hydrogen-bond donors (Lipinski definition) is 0. The van der Waals surface area contributed by atoms with Crippen LogP contribution in [0.3, 0.4) is 0 Å². The molecule has 1 atom stereocenters. The maximum atomic E-state index is 11.7. The van der Waals surface area contributed by atoms with Crippen molar-refractivity contribution in [2.75, 3.05) is 0 Å². The Morgan fingerprint density at radius 2 is 1.86 bits per heavy atom. The minimum atomic E-state index is -4.30. The average Bonchev–Trinajstić information content (AvgIpc) is 2.46. The van der Waals surface area contributed by atoms with Crippen molar-refractivity contribution in [2.24, 2.45) is 5.92 Å². The van der Waals surface area contributed by atoms with Crippen LogP contribution in [0.25, 0.3) is 0 Å². The van der Waals surface area contributed by atoms with E-state index in [0.717, 1.165) is 19.3 Å². The molecule has 1 unspecified atom stereocenters. The molecule has 0 aliphatic heterocycles. The van der Waals surface area contributed by atoms with Crippen molar-refractivity contribution < 1.29 is 52.6 Å². The van der Waals surface area contributed by atoms with Gasteiger partial charge < -0.3 is 5.61 Å². The van der Waals surface area contributed by atoms with E-state index < -0.39 is 22.3 Å². The normalized spacial score (nSPS) is 12.3. The second-order valence-corrected chi connectivity index (χ2v) is 6.17. The fraction of sp³-hybridized carbons (Fsp3) is 0.533. The molecule has 5 nitrogen and oxygen atoms in total. The van der Waals surface area contributed by atoms with Crippen LogP contribution in [0.5, 0.6) is 0 Å². The zero-order valence-corrected chi connectivity index (χ0v) is 16.3. The summed E-state index contributed by atoms with van der Waals surface area (Å²) in [6.07, 6.45) is 3.54. The molecule has 1 aromatic rings. The van der Waals surface area contributed by atoms with Crippen LogP contribution in [0.4, 0.5) is 0 Å². The summed E-state index contributed by atoms with van der Waals surface area (Å²) in [6.45, 7) is 3.57. The first kappa shape index (κ1) is 21.6. The van der Waals surface area contributed by atoms with Crippen molar-refractivity contribution in [3.8, 4) is 0 Å². The van der Waals surface area contributed by atoms with Gasteiger partial charge >= 0.3 is 45.9 Å². The molecule has 0 aliphatic rings. The Balaban J connectivity index is 0. The molecule has 0 bridgehead atoms. The number of benzene rings is 1. The summed E-state index contributed by atoms with van der Waals surface area (Å²) in [5.74, 6) is -1.22. The van der Waals surface area contributed by atoms with Gasteiger partial charge in [0.2, 0.25) is 0 Å². The number of rotatable bonds is 9. The van der Waals surface area contributed by atoms with Gasteiger partial charge in [0.15, 0.2) is 0 Å². The van der Waals surface area contributed by atoms with E-state index in [4.69, 9.17) is 4.18 Å². The van der Waals surface area contributed by atoms with E-state index in [1.807, 2.05) is 6.07 Å². The molecule has 0 fully saturated rings. The second-order valence-electron chi connectivity index (χ2n) is 4.96. The topological polar surface area (TPSA) is 69.7 Å². The average molecular weight is 338 g/mol. The van der Waals surface area contributed by atoms with Crippen molar-refractivity contribution in [3.05, 3.63) is 35.9 Å². The van der Waals surface area contributed by atoms with Crippen LogP contribution in [-0.2, 0) is 30.2 Å². The number of carbonyl (C=O) groups is 1. The van der Waals surface area contributed by atoms with Gasteiger partial charge in [-0.2, -0.15) is 8.42 Å². The predicted molar refractivity (Wildman–Crippen MR) is 80.7 cm³/mol. The van der Waals surface area contributed by atoms with Crippen LogP contribution in [-0.4, -0.2) is 14.4 Å². The molecular weight excluding hydrogens is 315 g/mol. The van der Waals surface area contributed by atoms with Gasteiger partial charge in [0.05, 0.1) is 12.5 Å². The fourth-order valence-electron chi connectivity index (χ4n) is 1.74. The molecule has 0 saturated heterocycles. The molecule has 0 spiro atoms. The molecule has 7 heteroatoms. The molecule has 0 saturated carbocycles. The molecule has 0 heterocycles. The van der Waals surface area contributed by atoms with E-state index in [1.165, 1.54) is 0 Å². The van der Waals surface area contributed by atoms with Gasteiger partial charge in [-0.25, -0.2) is 4.18 Å². The molecule has 0 aromatic heterocycles. The maximum absolute atomic E-state index is 11.7. The zero-order valence-electron chi connectivity index (χ0n) is 14.4. The third-order valence-electron chi connectivity index (χ3n) is 3.04. The smallest absolute Gasteiger partial charge is 1.00 e. The largest absolute Gasteiger partial charge is 1.00 e. The Morgan fingerprint density at radius 1 is 1.23 bits per heavy atom. The van der Waals surface area contributed by atoms with Crippen molar-refractivity contribution in [3.63, 3.8) is 0 Å². The summed E-state index contributed by atoms with van der Waals surface area (Å²) in [7, 11) is -4.30. The zero-order chi connectivity index (χ0) is 15.7. The van der Waals surface area contributed by atoms with Crippen LogP contribution in [0.2, 0.25) is 0 Å². The Labute approximate surface area is 156 Å². The summed E-state index contributed by atoms with van der Waals surface area (Å²) < 4.78 is 32.3. The van der Waals surface area contributed by atoms with Gasteiger partial charge in [0, 0.05) is 0 Å². The summed E-state index contributed by atoms with van der Waals surface area (Å²) >= 11 is 0. The van der Waals surface area contributed by atoms with E-state index in [0.29, 0.717) is 12.0 Å². The van der Waals surface area contributed by atoms with Crippen molar-refractivity contribution in [1.82, 2.24) is 0 Å². The van der Waals surface area contributed by atoms with Gasteiger partial charge in [-0.15, -0.1) is 0 Å². The number of hydrogen-bond acceptors (Lipinski definition) is 5. The van der Waals surface area contributed by atoms with Gasteiger partial charge in [-0.1, -0.05) is 63.4 Å². The van der Waals surface area contributed by atoms with Crippen molar-refractivity contribution in [2.45, 2.75) is 46.1 Å². The minimum absolute atomic E-state index is 0. The van der Waals surface area contributed by atoms with E-state index in [-0.39, 0.29) is 37.6 Å². The molecule has 22 heavy (non-hydrogen) atoms. The molecule has 0 aliphatic carbocycles. The Bertz CT molecular complexity index is 536. The fourth-order valence-corrected chi connectivity index (χ4v) is 2.43. The number of unbranched alkanes of at least 4 members (excludes halogenated alkanes) is 2. The molecule has 0 radical (unpaired) electrons. The van der Waals surface area contributed by atoms with Gasteiger partial charge in [-0.3, -0.25) is 4.79 Å². The summed E-state index contributed by atoms with van der Waals surface area (Å²) in [6, 6.07) is 8.81. The van der Waals surface area contributed by atoms with E-state index in [9.17, 15) is 13.2 Å².